The van der Waals surface area contributed by atoms with Gasteiger partial charge in [0.05, 0.1) is 0 Å². The lowest BCUT2D eigenvalue weighted by molar-refractivity contribution is -0.131. The lowest BCUT2D eigenvalue weighted by Crippen LogP contribution is -2.32. The summed E-state index contributed by atoms with van der Waals surface area (Å²) < 4.78 is 0. The topological polar surface area (TPSA) is 50.3 Å². The number of hydrogen-bond acceptors (Lipinski definition) is 3. The van der Waals surface area contributed by atoms with Gasteiger partial charge in [-0.15, -0.1) is 0 Å². The fourth-order valence-electron chi connectivity index (χ4n) is 2.55. The molecule has 0 atom stereocenters. The summed E-state index contributed by atoms with van der Waals surface area (Å²) in [6, 6.07) is 1.98. The molecule has 0 spiro atoms. The van der Waals surface area contributed by atoms with Gasteiger partial charge in [-0.05, 0) is 42.9 Å². The van der Waals surface area contributed by atoms with Crippen LogP contribution in [-0.2, 0) is 22.6 Å². The van der Waals surface area contributed by atoms with E-state index < -0.39 is 0 Å². The maximum absolute atomic E-state index is 12.3. The van der Waals surface area contributed by atoms with Crippen LogP contribution in [0.2, 0.25) is 0 Å². The van der Waals surface area contributed by atoms with E-state index >= 15 is 0 Å². The molecule has 1 aliphatic heterocycles. The summed E-state index contributed by atoms with van der Waals surface area (Å²) in [7, 11) is 0. The molecule has 0 saturated carbocycles. The molecule has 0 saturated heterocycles. The third-order valence-electron chi connectivity index (χ3n) is 3.74. The van der Waals surface area contributed by atoms with Gasteiger partial charge in [0, 0.05) is 38.3 Å². The summed E-state index contributed by atoms with van der Waals surface area (Å²) >= 11 is 0. The minimum absolute atomic E-state index is 0.116. The third-order valence-corrected chi connectivity index (χ3v) is 3.74. The Balaban J connectivity index is 2.20. The number of aryl methyl sites for hydroxylation is 1. The molecule has 0 fully saturated rings. The highest BCUT2D eigenvalue weighted by molar-refractivity contribution is 5.76. The molecule has 0 aliphatic carbocycles. The van der Waals surface area contributed by atoms with Gasteiger partial charge in [0.2, 0.25) is 5.91 Å². The predicted molar refractivity (Wildman–Crippen MR) is 81.6 cm³/mol. The summed E-state index contributed by atoms with van der Waals surface area (Å²) in [6.07, 6.45) is 13.6. The number of carbonyl (C=O) groups excluding carboxylic acids is 2. The normalized spacial score (nSPS) is 18.3. The van der Waals surface area contributed by atoms with Gasteiger partial charge in [0.15, 0.2) is 0 Å². The first-order valence-corrected chi connectivity index (χ1v) is 7.59. The first-order valence-electron chi connectivity index (χ1n) is 7.59. The van der Waals surface area contributed by atoms with E-state index in [4.69, 9.17) is 0 Å². The number of hydrogen-bond donors (Lipinski definition) is 0. The molecular formula is C17H22N2O2. The largest absolute Gasteiger partial charge is 0.338 e. The van der Waals surface area contributed by atoms with Crippen LogP contribution in [0.4, 0.5) is 0 Å². The number of pyridine rings is 1. The Labute approximate surface area is 125 Å². The molecule has 1 amide bonds. The highest BCUT2D eigenvalue weighted by Crippen LogP contribution is 2.16. The molecule has 4 heteroatoms. The Morgan fingerprint density at radius 3 is 2.90 bits per heavy atom. The fraction of sp³-hybridized carbons (Fsp3) is 0.471. The molecule has 1 aromatic rings. The number of amides is 1. The number of nitrogens with zero attached hydrogens (tertiary/aromatic N) is 2. The van der Waals surface area contributed by atoms with Gasteiger partial charge in [0.25, 0.3) is 0 Å². The molecular weight excluding hydrogens is 264 g/mol. The molecule has 2 heterocycles. The minimum Gasteiger partial charge on any atom is -0.338 e. The van der Waals surface area contributed by atoms with Crippen molar-refractivity contribution in [3.8, 4) is 0 Å². The van der Waals surface area contributed by atoms with Gasteiger partial charge in [-0.1, -0.05) is 12.2 Å². The highest BCUT2D eigenvalue weighted by atomic mass is 16.2. The van der Waals surface area contributed by atoms with E-state index in [1.54, 1.807) is 11.1 Å². The molecule has 2 rings (SSSR count). The van der Waals surface area contributed by atoms with E-state index in [0.29, 0.717) is 25.9 Å². The summed E-state index contributed by atoms with van der Waals surface area (Å²) in [6.45, 7) is 1.07. The predicted octanol–water partition coefficient (Wildman–Crippen LogP) is 2.67. The van der Waals surface area contributed by atoms with E-state index in [2.05, 4.69) is 17.1 Å². The van der Waals surface area contributed by atoms with E-state index in [9.17, 15) is 9.59 Å². The highest BCUT2D eigenvalue weighted by Gasteiger charge is 2.15. The van der Waals surface area contributed by atoms with Crippen LogP contribution in [0.15, 0.2) is 30.6 Å². The van der Waals surface area contributed by atoms with Crippen LogP contribution >= 0.6 is 0 Å². The smallest absolute Gasteiger partial charge is 0.223 e. The maximum atomic E-state index is 12.3. The standard InChI is InChI=1S/C17H22N2O2/c20-12-6-11-19-14-16-9-10-18-13-15(16)7-4-2-1-3-5-8-17(19)21/h1,3,9-10,12-13H,2,4-8,11,14H2/b3-1+. The second-order valence-corrected chi connectivity index (χ2v) is 5.32. The number of fused-ring (bicyclic) bond motifs is 1. The first kappa shape index (κ1) is 15.4. The number of aromatic nitrogens is 1. The van der Waals surface area contributed by atoms with Gasteiger partial charge in [-0.2, -0.15) is 0 Å². The fourth-order valence-corrected chi connectivity index (χ4v) is 2.55. The molecule has 0 unspecified atom stereocenters. The van der Waals surface area contributed by atoms with Crippen molar-refractivity contribution >= 4 is 12.2 Å². The van der Waals surface area contributed by atoms with Gasteiger partial charge in [0.1, 0.15) is 6.29 Å². The Morgan fingerprint density at radius 1 is 1.19 bits per heavy atom. The summed E-state index contributed by atoms with van der Waals surface area (Å²) in [5.74, 6) is 0.116. The first-order chi connectivity index (χ1) is 10.3. The third kappa shape index (κ3) is 4.81. The maximum Gasteiger partial charge on any atom is 0.223 e. The zero-order chi connectivity index (χ0) is 14.9. The van der Waals surface area contributed by atoms with Crippen LogP contribution in [0, 0.1) is 0 Å². The molecule has 4 nitrogen and oxygen atoms in total. The Hall–Kier alpha value is -1.97. The Morgan fingerprint density at radius 2 is 2.05 bits per heavy atom. The second-order valence-electron chi connectivity index (χ2n) is 5.32. The molecule has 112 valence electrons. The number of carbonyl (C=O) groups is 2. The molecule has 1 aromatic heterocycles. The zero-order valence-corrected chi connectivity index (χ0v) is 12.3. The van der Waals surface area contributed by atoms with Crippen LogP contribution in [0.5, 0.6) is 0 Å². The SMILES string of the molecule is O=CCCN1Cc2ccncc2CCC/C=C/CCC1=O. The summed E-state index contributed by atoms with van der Waals surface area (Å²) in [4.78, 5) is 28.9. The summed E-state index contributed by atoms with van der Waals surface area (Å²) in [5.41, 5.74) is 2.35. The molecule has 0 bridgehead atoms. The number of allylic oxidation sites excluding steroid dienone is 2. The Bertz CT molecular complexity index is 511. The Kier molecular flexibility index (Phi) is 6.13. The lowest BCUT2D eigenvalue weighted by Gasteiger charge is -2.23. The molecule has 0 radical (unpaired) electrons. The van der Waals surface area contributed by atoms with Crippen molar-refractivity contribution in [2.45, 2.75) is 45.1 Å². The average Bonchev–Trinajstić information content (AvgIpc) is 2.50. The summed E-state index contributed by atoms with van der Waals surface area (Å²) in [5, 5.41) is 0. The van der Waals surface area contributed by atoms with Crippen LogP contribution in [0.3, 0.4) is 0 Å². The van der Waals surface area contributed by atoms with Crippen LogP contribution in [-0.4, -0.2) is 28.6 Å². The van der Waals surface area contributed by atoms with Crippen molar-refractivity contribution < 1.29 is 9.59 Å². The van der Waals surface area contributed by atoms with Crippen molar-refractivity contribution in [1.29, 1.82) is 0 Å². The van der Waals surface area contributed by atoms with Crippen molar-refractivity contribution in [2.75, 3.05) is 6.54 Å². The number of rotatable bonds is 3. The van der Waals surface area contributed by atoms with Crippen LogP contribution < -0.4 is 0 Å². The lowest BCUT2D eigenvalue weighted by atomic mass is 10.0. The van der Waals surface area contributed by atoms with Crippen molar-refractivity contribution in [3.05, 3.63) is 41.7 Å². The molecule has 0 aromatic carbocycles. The van der Waals surface area contributed by atoms with Crippen LogP contribution in [0.1, 0.15) is 43.2 Å². The van der Waals surface area contributed by atoms with E-state index in [-0.39, 0.29) is 5.91 Å². The van der Waals surface area contributed by atoms with E-state index in [0.717, 1.165) is 37.5 Å². The van der Waals surface area contributed by atoms with Crippen molar-refractivity contribution in [2.24, 2.45) is 0 Å². The van der Waals surface area contributed by atoms with Crippen molar-refractivity contribution in [3.63, 3.8) is 0 Å². The quantitative estimate of drug-likeness (QED) is 0.634. The van der Waals surface area contributed by atoms with Crippen LogP contribution in [0.25, 0.3) is 0 Å². The van der Waals surface area contributed by atoms with E-state index in [1.807, 2.05) is 12.3 Å². The molecule has 0 N–H and O–H groups in total. The monoisotopic (exact) mass is 286 g/mol. The number of aldehydes is 1. The average molecular weight is 286 g/mol. The van der Waals surface area contributed by atoms with Gasteiger partial charge < -0.3 is 9.69 Å². The molecule has 1 aliphatic rings. The van der Waals surface area contributed by atoms with Gasteiger partial charge in [-0.25, -0.2) is 0 Å². The molecule has 21 heavy (non-hydrogen) atoms. The minimum atomic E-state index is 0.116. The van der Waals surface area contributed by atoms with Crippen molar-refractivity contribution in [1.82, 2.24) is 9.88 Å². The van der Waals surface area contributed by atoms with Gasteiger partial charge in [-0.3, -0.25) is 9.78 Å². The van der Waals surface area contributed by atoms with E-state index in [1.165, 1.54) is 5.56 Å². The van der Waals surface area contributed by atoms with Gasteiger partial charge >= 0.3 is 0 Å². The second kappa shape index (κ2) is 8.35. The zero-order valence-electron chi connectivity index (χ0n) is 12.3.